The molecule has 0 amide bonds. The fraction of sp³-hybridized carbons (Fsp3) is 0.294. The van der Waals surface area contributed by atoms with Crippen molar-refractivity contribution < 1.29 is 26.7 Å². The Labute approximate surface area is 155 Å². The maximum absolute atomic E-state index is 12.6. The SMILES string of the molecule is COc1cc(NS(=O)(=O)c2ccc(-c3nnc(C4CC4)o3)o2)cc(OC)c1. The van der Waals surface area contributed by atoms with Gasteiger partial charge in [-0.1, -0.05) is 0 Å². The molecular formula is C17H17N3O6S. The molecule has 0 unspecified atom stereocenters. The molecule has 0 aliphatic heterocycles. The van der Waals surface area contributed by atoms with Crippen LogP contribution in [0.5, 0.6) is 11.5 Å². The molecule has 3 aromatic rings. The van der Waals surface area contributed by atoms with Crippen molar-refractivity contribution in [1.29, 1.82) is 0 Å². The summed E-state index contributed by atoms with van der Waals surface area (Å²) in [7, 11) is -1.01. The maximum atomic E-state index is 12.6. The fourth-order valence-corrected chi connectivity index (χ4v) is 3.46. The van der Waals surface area contributed by atoms with Crippen molar-refractivity contribution in [1.82, 2.24) is 10.2 Å². The molecule has 1 aliphatic rings. The van der Waals surface area contributed by atoms with Crippen LogP contribution in [-0.2, 0) is 10.0 Å². The third-order valence-corrected chi connectivity index (χ3v) is 5.28. The van der Waals surface area contributed by atoms with E-state index in [9.17, 15) is 8.42 Å². The Bertz CT molecular complexity index is 1050. The second-order valence-corrected chi connectivity index (χ2v) is 7.66. The van der Waals surface area contributed by atoms with E-state index in [2.05, 4.69) is 14.9 Å². The highest BCUT2D eigenvalue weighted by Gasteiger charge is 2.30. The molecular weight excluding hydrogens is 374 g/mol. The Morgan fingerprint density at radius 3 is 2.37 bits per heavy atom. The van der Waals surface area contributed by atoms with Crippen LogP contribution >= 0.6 is 0 Å². The van der Waals surface area contributed by atoms with Gasteiger partial charge in [0, 0.05) is 24.1 Å². The molecule has 1 aliphatic carbocycles. The lowest BCUT2D eigenvalue weighted by atomic mass is 10.3. The van der Waals surface area contributed by atoms with Crippen LogP contribution in [0.2, 0.25) is 0 Å². The number of hydrogen-bond donors (Lipinski definition) is 1. The molecule has 0 saturated heterocycles. The van der Waals surface area contributed by atoms with Gasteiger partial charge in [0.2, 0.25) is 11.0 Å². The zero-order valence-electron chi connectivity index (χ0n) is 14.6. The normalized spacial score (nSPS) is 14.1. The van der Waals surface area contributed by atoms with Gasteiger partial charge in [0.05, 0.1) is 19.9 Å². The summed E-state index contributed by atoms with van der Waals surface area (Å²) in [5.41, 5.74) is 0.276. The third kappa shape index (κ3) is 3.61. The lowest BCUT2D eigenvalue weighted by Gasteiger charge is -2.10. The highest BCUT2D eigenvalue weighted by Crippen LogP contribution is 2.40. The van der Waals surface area contributed by atoms with Crippen LogP contribution in [0.4, 0.5) is 5.69 Å². The second-order valence-electron chi connectivity index (χ2n) is 6.05. The number of anilines is 1. The number of methoxy groups -OCH3 is 2. The molecule has 1 N–H and O–H groups in total. The standard InChI is InChI=1S/C17H17N3O6S/c1-23-12-7-11(8-13(9-12)24-2)20-27(21,22)15-6-5-14(25-15)17-19-18-16(26-17)10-3-4-10/h5-10,20H,3-4H2,1-2H3. The summed E-state index contributed by atoms with van der Waals surface area (Å²) in [5.74, 6) is 2.09. The first-order valence-corrected chi connectivity index (χ1v) is 9.66. The quantitative estimate of drug-likeness (QED) is 0.653. The van der Waals surface area contributed by atoms with Gasteiger partial charge in [0.1, 0.15) is 11.5 Å². The van der Waals surface area contributed by atoms with Gasteiger partial charge in [-0.3, -0.25) is 4.72 Å². The minimum atomic E-state index is -3.97. The molecule has 0 bridgehead atoms. The van der Waals surface area contributed by atoms with Gasteiger partial charge in [-0.15, -0.1) is 10.2 Å². The predicted molar refractivity (Wildman–Crippen MR) is 94.3 cm³/mol. The summed E-state index contributed by atoms with van der Waals surface area (Å²) in [6, 6.07) is 7.50. The van der Waals surface area contributed by atoms with Crippen LogP contribution < -0.4 is 14.2 Å². The monoisotopic (exact) mass is 391 g/mol. The number of benzene rings is 1. The van der Waals surface area contributed by atoms with Gasteiger partial charge in [-0.25, -0.2) is 0 Å². The Hall–Kier alpha value is -3.01. The van der Waals surface area contributed by atoms with Crippen LogP contribution in [0, 0.1) is 0 Å². The van der Waals surface area contributed by atoms with Crippen molar-refractivity contribution in [2.75, 3.05) is 18.9 Å². The molecule has 2 heterocycles. The van der Waals surface area contributed by atoms with Gasteiger partial charge in [-0.2, -0.15) is 8.42 Å². The summed E-state index contributed by atoms with van der Waals surface area (Å²) in [5, 5.41) is 7.60. The number of rotatable bonds is 7. The first-order valence-electron chi connectivity index (χ1n) is 8.18. The molecule has 1 fully saturated rings. The van der Waals surface area contributed by atoms with Crippen LogP contribution in [-0.4, -0.2) is 32.8 Å². The van der Waals surface area contributed by atoms with Gasteiger partial charge < -0.3 is 18.3 Å². The van der Waals surface area contributed by atoms with Crippen LogP contribution in [0.25, 0.3) is 11.7 Å². The van der Waals surface area contributed by atoms with Gasteiger partial charge in [-0.05, 0) is 25.0 Å². The van der Waals surface area contributed by atoms with E-state index >= 15 is 0 Å². The van der Waals surface area contributed by atoms with Gasteiger partial charge in [0.15, 0.2) is 5.76 Å². The molecule has 1 saturated carbocycles. The number of aromatic nitrogens is 2. The van der Waals surface area contributed by atoms with E-state index in [1.165, 1.54) is 38.5 Å². The zero-order valence-corrected chi connectivity index (χ0v) is 15.4. The van der Waals surface area contributed by atoms with Crippen molar-refractivity contribution in [3.8, 4) is 23.1 Å². The molecule has 1 aromatic carbocycles. The molecule has 2 aromatic heterocycles. The van der Waals surface area contributed by atoms with Crippen LogP contribution in [0.1, 0.15) is 24.7 Å². The van der Waals surface area contributed by atoms with Crippen molar-refractivity contribution in [2.24, 2.45) is 0 Å². The average Bonchev–Trinajstić information content (AvgIpc) is 3.18. The van der Waals surface area contributed by atoms with E-state index in [1.807, 2.05) is 0 Å². The highest BCUT2D eigenvalue weighted by molar-refractivity contribution is 7.92. The van der Waals surface area contributed by atoms with E-state index < -0.39 is 10.0 Å². The van der Waals surface area contributed by atoms with Crippen LogP contribution in [0.15, 0.2) is 44.3 Å². The lowest BCUT2D eigenvalue weighted by molar-refractivity contribution is 0.395. The van der Waals surface area contributed by atoms with Crippen molar-refractivity contribution in [3.63, 3.8) is 0 Å². The summed E-state index contributed by atoms with van der Waals surface area (Å²) >= 11 is 0. The minimum Gasteiger partial charge on any atom is -0.497 e. The van der Waals surface area contributed by atoms with E-state index in [0.717, 1.165) is 12.8 Å². The Kier molecular flexibility index (Phi) is 4.27. The largest absolute Gasteiger partial charge is 0.497 e. The number of sulfonamides is 1. The van der Waals surface area contributed by atoms with Crippen molar-refractivity contribution >= 4 is 15.7 Å². The highest BCUT2D eigenvalue weighted by atomic mass is 32.2. The fourth-order valence-electron chi connectivity index (χ4n) is 2.48. The molecule has 27 heavy (non-hydrogen) atoms. The topological polar surface area (TPSA) is 117 Å². The Morgan fingerprint density at radius 2 is 1.74 bits per heavy atom. The van der Waals surface area contributed by atoms with E-state index in [1.54, 1.807) is 6.07 Å². The summed E-state index contributed by atoms with van der Waals surface area (Å²) in [6.45, 7) is 0. The number of hydrogen-bond acceptors (Lipinski definition) is 8. The van der Waals surface area contributed by atoms with E-state index in [4.69, 9.17) is 18.3 Å². The molecule has 142 valence electrons. The minimum absolute atomic E-state index is 0.154. The molecule has 0 spiro atoms. The molecule has 0 atom stereocenters. The summed E-state index contributed by atoms with van der Waals surface area (Å²) in [4.78, 5) is 0. The van der Waals surface area contributed by atoms with Gasteiger partial charge >= 0.3 is 0 Å². The van der Waals surface area contributed by atoms with Crippen LogP contribution in [0.3, 0.4) is 0 Å². The van der Waals surface area contributed by atoms with Crippen molar-refractivity contribution in [3.05, 3.63) is 36.2 Å². The lowest BCUT2D eigenvalue weighted by Crippen LogP contribution is -2.12. The van der Waals surface area contributed by atoms with Gasteiger partial charge in [0.25, 0.3) is 15.9 Å². The predicted octanol–water partition coefficient (Wildman–Crippen LogP) is 3.03. The maximum Gasteiger partial charge on any atom is 0.295 e. The Morgan fingerprint density at radius 1 is 1.04 bits per heavy atom. The smallest absolute Gasteiger partial charge is 0.295 e. The van der Waals surface area contributed by atoms with E-state index in [-0.39, 0.29) is 22.4 Å². The Balaban J connectivity index is 1.58. The summed E-state index contributed by atoms with van der Waals surface area (Å²) < 4.78 is 48.9. The molecule has 4 rings (SSSR count). The first-order chi connectivity index (χ1) is 13.0. The number of furan rings is 1. The van der Waals surface area contributed by atoms with E-state index in [0.29, 0.717) is 23.3 Å². The number of ether oxygens (including phenoxy) is 2. The first kappa shape index (κ1) is 17.4. The molecule has 9 nitrogen and oxygen atoms in total. The van der Waals surface area contributed by atoms with Crippen molar-refractivity contribution in [2.45, 2.75) is 23.9 Å². The zero-order chi connectivity index (χ0) is 19.0. The molecule has 10 heteroatoms. The average molecular weight is 391 g/mol. The second kappa shape index (κ2) is 6.62. The number of nitrogens with one attached hydrogen (secondary N) is 1. The summed E-state index contributed by atoms with van der Waals surface area (Å²) in [6.07, 6.45) is 2.04. The number of nitrogens with zero attached hydrogens (tertiary/aromatic N) is 2. The molecule has 0 radical (unpaired) electrons. The third-order valence-electron chi connectivity index (χ3n) is 4.03.